The Hall–Kier alpha value is 0.01000. The number of hydrogen-bond acceptors (Lipinski definition) is 3. The zero-order chi connectivity index (χ0) is 8.85. The fourth-order valence-electron chi connectivity index (χ4n) is 0.698. The topological polar surface area (TPSA) is 23.5 Å². The van der Waals surface area contributed by atoms with Crippen LogP contribution in [-0.2, 0) is 0 Å². The molecule has 11 heavy (non-hydrogen) atoms. The third kappa shape index (κ3) is 4.45. The van der Waals surface area contributed by atoms with Crippen LogP contribution in [0.3, 0.4) is 0 Å². The molecular weight excluding hydrogens is 158 g/mol. The maximum atomic E-state index is 8.80. The van der Waals surface area contributed by atoms with E-state index < -0.39 is 0 Å². The summed E-state index contributed by atoms with van der Waals surface area (Å²) in [6.07, 6.45) is 0. The fourth-order valence-corrected chi connectivity index (χ4v) is 0.798. The van der Waals surface area contributed by atoms with Crippen LogP contribution in [0, 0.1) is 0 Å². The second-order valence-corrected chi connectivity index (χ2v) is 3.17. The molecule has 2 nitrogen and oxygen atoms in total. The first kappa shape index (κ1) is 11.0. The van der Waals surface area contributed by atoms with Crippen LogP contribution in [0.2, 0.25) is 0 Å². The van der Waals surface area contributed by atoms with Gasteiger partial charge in [0.1, 0.15) is 0 Å². The molecule has 3 heteroatoms. The van der Waals surface area contributed by atoms with Gasteiger partial charge in [0.25, 0.3) is 0 Å². The molecule has 0 bridgehead atoms. The Morgan fingerprint density at radius 3 is 2.64 bits per heavy atom. The minimum Gasteiger partial charge on any atom is -0.395 e. The van der Waals surface area contributed by atoms with Crippen molar-refractivity contribution in [2.45, 2.75) is 13.0 Å². The van der Waals surface area contributed by atoms with E-state index in [0.29, 0.717) is 5.75 Å². The maximum Gasteiger partial charge on any atom is 0.0584 e. The smallest absolute Gasteiger partial charge is 0.0584 e. The van der Waals surface area contributed by atoms with Gasteiger partial charge in [-0.3, -0.25) is 4.90 Å². The second-order valence-electron chi connectivity index (χ2n) is 2.85. The molecule has 0 amide bonds. The first-order valence-electron chi connectivity index (χ1n) is 3.70. The van der Waals surface area contributed by atoms with E-state index in [0.717, 1.165) is 12.1 Å². The Balaban J connectivity index is 3.67. The molecule has 0 saturated carbocycles. The fraction of sp³-hybridized carbons (Fsp3) is 0.750. The SMILES string of the molecule is C=C(CS)CN(C)C(C)CO. The summed E-state index contributed by atoms with van der Waals surface area (Å²) in [5.41, 5.74) is 1.08. The number of hydrogen-bond donors (Lipinski definition) is 2. The minimum absolute atomic E-state index is 0.191. The second kappa shape index (κ2) is 5.63. The molecule has 0 aliphatic carbocycles. The first-order valence-corrected chi connectivity index (χ1v) is 4.33. The van der Waals surface area contributed by atoms with Crippen molar-refractivity contribution in [2.24, 2.45) is 0 Å². The Labute approximate surface area is 74.3 Å². The summed E-state index contributed by atoms with van der Waals surface area (Å²) < 4.78 is 0. The highest BCUT2D eigenvalue weighted by Gasteiger charge is 2.07. The van der Waals surface area contributed by atoms with Crippen LogP contribution in [0.4, 0.5) is 0 Å². The predicted octanol–water partition coefficient (Wildman–Crippen LogP) is 0.785. The van der Waals surface area contributed by atoms with Gasteiger partial charge < -0.3 is 5.11 Å². The normalized spacial score (nSPS) is 13.5. The lowest BCUT2D eigenvalue weighted by atomic mass is 10.2. The summed E-state index contributed by atoms with van der Waals surface area (Å²) >= 11 is 4.10. The van der Waals surface area contributed by atoms with Crippen LogP contribution in [0.25, 0.3) is 0 Å². The van der Waals surface area contributed by atoms with E-state index in [1.807, 2.05) is 14.0 Å². The minimum atomic E-state index is 0.191. The van der Waals surface area contributed by atoms with Gasteiger partial charge in [-0.15, -0.1) is 0 Å². The van der Waals surface area contributed by atoms with E-state index in [1.165, 1.54) is 0 Å². The van der Waals surface area contributed by atoms with Gasteiger partial charge in [-0.2, -0.15) is 12.6 Å². The number of rotatable bonds is 5. The molecule has 0 fully saturated rings. The van der Waals surface area contributed by atoms with Crippen molar-refractivity contribution in [2.75, 3.05) is 26.0 Å². The van der Waals surface area contributed by atoms with Gasteiger partial charge in [-0.1, -0.05) is 12.2 Å². The number of thiol groups is 1. The highest BCUT2D eigenvalue weighted by molar-refractivity contribution is 7.80. The van der Waals surface area contributed by atoms with E-state index in [1.54, 1.807) is 0 Å². The summed E-state index contributed by atoms with van der Waals surface area (Å²) in [5.74, 6) is 0.711. The molecule has 0 aliphatic rings. The molecule has 66 valence electrons. The molecule has 1 N–H and O–H groups in total. The summed E-state index contributed by atoms with van der Waals surface area (Å²) in [6.45, 7) is 6.81. The lowest BCUT2D eigenvalue weighted by Gasteiger charge is -2.23. The van der Waals surface area contributed by atoms with E-state index in [2.05, 4.69) is 24.1 Å². The van der Waals surface area contributed by atoms with Gasteiger partial charge in [0.15, 0.2) is 0 Å². The molecule has 1 atom stereocenters. The highest BCUT2D eigenvalue weighted by atomic mass is 32.1. The van der Waals surface area contributed by atoms with E-state index in [-0.39, 0.29) is 12.6 Å². The lowest BCUT2D eigenvalue weighted by molar-refractivity contribution is 0.168. The number of aliphatic hydroxyl groups is 1. The van der Waals surface area contributed by atoms with Crippen molar-refractivity contribution in [3.63, 3.8) is 0 Å². The van der Waals surface area contributed by atoms with Crippen LogP contribution < -0.4 is 0 Å². The molecule has 0 aromatic rings. The summed E-state index contributed by atoms with van der Waals surface area (Å²) in [5, 5.41) is 8.80. The van der Waals surface area contributed by atoms with E-state index in [9.17, 15) is 0 Å². The Kier molecular flexibility index (Phi) is 5.64. The van der Waals surface area contributed by atoms with Crippen molar-refractivity contribution in [1.29, 1.82) is 0 Å². The van der Waals surface area contributed by atoms with E-state index in [4.69, 9.17) is 5.11 Å². The summed E-state index contributed by atoms with van der Waals surface area (Å²) in [4.78, 5) is 2.05. The third-order valence-electron chi connectivity index (χ3n) is 1.71. The van der Waals surface area contributed by atoms with Crippen LogP contribution >= 0.6 is 12.6 Å². The summed E-state index contributed by atoms with van der Waals surface area (Å²) in [7, 11) is 1.97. The average molecular weight is 175 g/mol. The molecule has 0 aromatic carbocycles. The molecule has 0 rings (SSSR count). The van der Waals surface area contributed by atoms with Gasteiger partial charge >= 0.3 is 0 Å². The van der Waals surface area contributed by atoms with Crippen molar-refractivity contribution in [1.82, 2.24) is 4.90 Å². The third-order valence-corrected chi connectivity index (χ3v) is 2.16. The van der Waals surface area contributed by atoms with Crippen LogP contribution in [0.1, 0.15) is 6.92 Å². The average Bonchev–Trinajstić information content (AvgIpc) is 2.02. The Bertz CT molecular complexity index is 127. The van der Waals surface area contributed by atoms with Crippen LogP contribution in [0.15, 0.2) is 12.2 Å². The molecule has 0 saturated heterocycles. The number of likely N-dealkylation sites (N-methyl/N-ethyl adjacent to an activating group) is 1. The Morgan fingerprint density at radius 1 is 1.73 bits per heavy atom. The molecule has 0 aromatic heterocycles. The zero-order valence-electron chi connectivity index (χ0n) is 7.25. The van der Waals surface area contributed by atoms with Crippen molar-refractivity contribution in [3.05, 3.63) is 12.2 Å². The van der Waals surface area contributed by atoms with Gasteiger partial charge in [-0.05, 0) is 14.0 Å². The molecule has 0 aliphatic heterocycles. The van der Waals surface area contributed by atoms with Gasteiger partial charge in [0.05, 0.1) is 6.61 Å². The molecule has 0 heterocycles. The Morgan fingerprint density at radius 2 is 2.27 bits per heavy atom. The standard InChI is InChI=1S/C8H17NOS/c1-7(6-11)4-9(3)8(2)5-10/h8,10-11H,1,4-6H2,2-3H3. The lowest BCUT2D eigenvalue weighted by Crippen LogP contribution is -2.33. The molecular formula is C8H17NOS. The van der Waals surface area contributed by atoms with Gasteiger partial charge in [-0.25, -0.2) is 0 Å². The zero-order valence-corrected chi connectivity index (χ0v) is 8.14. The van der Waals surface area contributed by atoms with Gasteiger partial charge in [0, 0.05) is 18.3 Å². The summed E-state index contributed by atoms with van der Waals surface area (Å²) in [6, 6.07) is 0.201. The van der Waals surface area contributed by atoms with E-state index >= 15 is 0 Å². The predicted molar refractivity (Wildman–Crippen MR) is 52.2 cm³/mol. The quantitative estimate of drug-likeness (QED) is 0.476. The maximum absolute atomic E-state index is 8.80. The van der Waals surface area contributed by atoms with Crippen molar-refractivity contribution >= 4 is 12.6 Å². The number of nitrogens with zero attached hydrogens (tertiary/aromatic N) is 1. The van der Waals surface area contributed by atoms with Gasteiger partial charge in [0.2, 0.25) is 0 Å². The molecule has 0 spiro atoms. The van der Waals surface area contributed by atoms with Crippen LogP contribution in [0.5, 0.6) is 0 Å². The van der Waals surface area contributed by atoms with Crippen molar-refractivity contribution < 1.29 is 5.11 Å². The van der Waals surface area contributed by atoms with Crippen molar-refractivity contribution in [3.8, 4) is 0 Å². The van der Waals surface area contributed by atoms with Crippen LogP contribution in [-0.4, -0.2) is 42.0 Å². The number of aliphatic hydroxyl groups excluding tert-OH is 1. The highest BCUT2D eigenvalue weighted by Crippen LogP contribution is 2.00. The largest absolute Gasteiger partial charge is 0.395 e. The molecule has 0 radical (unpaired) electrons. The molecule has 1 unspecified atom stereocenters. The monoisotopic (exact) mass is 175 g/mol. The first-order chi connectivity index (χ1) is 5.11.